The lowest BCUT2D eigenvalue weighted by Crippen LogP contribution is -2.28. The van der Waals surface area contributed by atoms with Crippen LogP contribution in [0.2, 0.25) is 0 Å². The molecule has 168 valence electrons. The molecule has 0 saturated heterocycles. The van der Waals surface area contributed by atoms with E-state index in [0.717, 1.165) is 28.7 Å². The zero-order valence-corrected chi connectivity index (χ0v) is 19.6. The second-order valence-corrected chi connectivity index (χ2v) is 10.6. The zero-order valence-electron chi connectivity index (χ0n) is 18.8. The minimum Gasteiger partial charge on any atom is -0.265 e. The van der Waals surface area contributed by atoms with Gasteiger partial charge in [-0.1, -0.05) is 34.1 Å². The molecule has 0 spiro atoms. The topological polar surface area (TPSA) is 104 Å². The molecule has 0 aliphatic heterocycles. The Kier molecular flexibility index (Phi) is 4.99. The maximum Gasteiger partial charge on any atom is 0.306 e. The van der Waals surface area contributed by atoms with Gasteiger partial charge in [-0.25, -0.2) is 14.5 Å². The molecule has 0 amide bonds. The van der Waals surface area contributed by atoms with Gasteiger partial charge in [0.1, 0.15) is 23.6 Å². The summed E-state index contributed by atoms with van der Waals surface area (Å²) in [5.74, 6) is 1.34. The number of fused-ring (bicyclic) bond motifs is 5. The quantitative estimate of drug-likeness (QED) is 0.307. The molecule has 4 heterocycles. The van der Waals surface area contributed by atoms with Gasteiger partial charge in [-0.05, 0) is 36.2 Å². The Morgan fingerprint density at radius 1 is 1.41 bits per heavy atom. The first kappa shape index (κ1) is 21.0. The third kappa shape index (κ3) is 3.46. The summed E-state index contributed by atoms with van der Waals surface area (Å²) in [7, 11) is 0. The molecule has 0 saturated carbocycles. The van der Waals surface area contributed by atoms with Gasteiger partial charge in [0.05, 0.1) is 16.9 Å². The van der Waals surface area contributed by atoms with Gasteiger partial charge in [-0.2, -0.15) is 5.10 Å². The first-order chi connectivity index (χ1) is 15.3. The monoisotopic (exact) mass is 453 g/mol. The largest absolute Gasteiger partial charge is 0.306 e. The third-order valence-electron chi connectivity index (χ3n) is 7.15. The first-order valence-corrected chi connectivity index (χ1v) is 11.9. The molecule has 9 nitrogen and oxygen atoms in total. The van der Waals surface area contributed by atoms with E-state index in [9.17, 15) is 10.1 Å². The molecule has 2 unspecified atom stereocenters. The summed E-state index contributed by atoms with van der Waals surface area (Å²) in [4.78, 5) is 22.5. The SMILES string of the molecule is CCC(C)(C)C1CCc2c(sc3ncn4nc(C(C)Cn5cc([N+](=O)[O-])cn5)nc4c23)C1. The molecular weight excluding hydrogens is 426 g/mol. The van der Waals surface area contributed by atoms with Crippen LogP contribution in [0, 0.1) is 21.4 Å². The predicted octanol–water partition coefficient (Wildman–Crippen LogP) is 4.79. The van der Waals surface area contributed by atoms with Crippen LogP contribution in [0.15, 0.2) is 18.7 Å². The lowest BCUT2D eigenvalue weighted by molar-refractivity contribution is -0.385. The second-order valence-electron chi connectivity index (χ2n) is 9.53. The Morgan fingerprint density at radius 2 is 2.22 bits per heavy atom. The van der Waals surface area contributed by atoms with Crippen molar-refractivity contribution in [1.82, 2.24) is 29.4 Å². The molecule has 1 aliphatic rings. The van der Waals surface area contributed by atoms with Crippen LogP contribution in [0.25, 0.3) is 15.9 Å². The zero-order chi connectivity index (χ0) is 22.6. The van der Waals surface area contributed by atoms with Crippen molar-refractivity contribution in [3.05, 3.63) is 45.1 Å². The molecule has 0 fully saturated rings. The second kappa shape index (κ2) is 7.61. The van der Waals surface area contributed by atoms with Crippen LogP contribution in [-0.2, 0) is 19.4 Å². The van der Waals surface area contributed by atoms with Gasteiger partial charge in [0, 0.05) is 10.8 Å². The van der Waals surface area contributed by atoms with Crippen molar-refractivity contribution < 1.29 is 4.92 Å². The van der Waals surface area contributed by atoms with E-state index in [2.05, 4.69) is 36.0 Å². The Balaban J connectivity index is 1.48. The first-order valence-electron chi connectivity index (χ1n) is 11.1. The highest BCUT2D eigenvalue weighted by molar-refractivity contribution is 7.19. The minimum absolute atomic E-state index is 0.0134. The fourth-order valence-corrected chi connectivity index (χ4v) is 5.93. The smallest absolute Gasteiger partial charge is 0.265 e. The molecular formula is C22H27N7O2S. The standard InChI is InChI=1S/C22H27N7O2S/c1-5-22(3,4)14-6-7-16-17(8-14)32-21-18(16)20-25-19(26-28(20)12-23-21)13(2)10-27-11-15(9-24-27)29(30)31/h9,11-14H,5-8,10H2,1-4H3. The highest BCUT2D eigenvalue weighted by Gasteiger charge is 2.33. The van der Waals surface area contributed by atoms with E-state index in [0.29, 0.717) is 23.7 Å². The predicted molar refractivity (Wildman–Crippen MR) is 123 cm³/mol. The lowest BCUT2D eigenvalue weighted by atomic mass is 9.70. The number of rotatable bonds is 6. The van der Waals surface area contributed by atoms with E-state index in [1.807, 2.05) is 6.92 Å². The van der Waals surface area contributed by atoms with Gasteiger partial charge in [0.25, 0.3) is 0 Å². The van der Waals surface area contributed by atoms with Crippen LogP contribution in [0.1, 0.15) is 62.7 Å². The molecule has 10 heteroatoms. The number of aromatic nitrogens is 6. The van der Waals surface area contributed by atoms with Crippen molar-refractivity contribution in [2.75, 3.05) is 0 Å². The van der Waals surface area contributed by atoms with Crippen LogP contribution < -0.4 is 0 Å². The molecule has 0 aromatic carbocycles. The highest BCUT2D eigenvalue weighted by Crippen LogP contribution is 2.45. The summed E-state index contributed by atoms with van der Waals surface area (Å²) in [6, 6.07) is 0. The average Bonchev–Trinajstić information content (AvgIpc) is 3.48. The Bertz CT molecular complexity index is 1320. The molecule has 5 rings (SSSR count). The van der Waals surface area contributed by atoms with Gasteiger partial charge in [-0.3, -0.25) is 14.8 Å². The van der Waals surface area contributed by atoms with Crippen LogP contribution in [0.4, 0.5) is 5.69 Å². The van der Waals surface area contributed by atoms with E-state index < -0.39 is 4.92 Å². The summed E-state index contributed by atoms with van der Waals surface area (Å²) in [5, 5.41) is 20.8. The molecule has 4 aromatic rings. The normalized spacial score (nSPS) is 17.7. The van der Waals surface area contributed by atoms with Gasteiger partial charge in [0.15, 0.2) is 11.5 Å². The molecule has 4 aromatic heterocycles. The fourth-order valence-electron chi connectivity index (χ4n) is 4.66. The van der Waals surface area contributed by atoms with E-state index in [1.54, 1.807) is 26.9 Å². The van der Waals surface area contributed by atoms with Crippen molar-refractivity contribution in [3.63, 3.8) is 0 Å². The van der Waals surface area contributed by atoms with E-state index >= 15 is 0 Å². The Morgan fingerprint density at radius 3 is 2.94 bits per heavy atom. The Labute approximate surface area is 189 Å². The molecule has 0 radical (unpaired) electrons. The van der Waals surface area contributed by atoms with E-state index in [1.165, 1.54) is 35.7 Å². The number of thiophene rings is 1. The van der Waals surface area contributed by atoms with E-state index in [-0.39, 0.29) is 11.6 Å². The maximum absolute atomic E-state index is 10.9. The fraction of sp³-hybridized carbons (Fsp3) is 0.545. The van der Waals surface area contributed by atoms with Crippen molar-refractivity contribution in [2.24, 2.45) is 11.3 Å². The summed E-state index contributed by atoms with van der Waals surface area (Å²) < 4.78 is 3.35. The van der Waals surface area contributed by atoms with Gasteiger partial charge in [-0.15, -0.1) is 16.4 Å². The van der Waals surface area contributed by atoms with Gasteiger partial charge < -0.3 is 0 Å². The number of hydrogen-bond donors (Lipinski definition) is 0. The summed E-state index contributed by atoms with van der Waals surface area (Å²) in [6.07, 6.45) is 8.99. The maximum atomic E-state index is 10.9. The average molecular weight is 454 g/mol. The third-order valence-corrected chi connectivity index (χ3v) is 8.31. The summed E-state index contributed by atoms with van der Waals surface area (Å²) in [6.45, 7) is 9.52. The number of hydrogen-bond acceptors (Lipinski definition) is 7. The minimum atomic E-state index is -0.439. The summed E-state index contributed by atoms with van der Waals surface area (Å²) in [5.41, 5.74) is 2.57. The van der Waals surface area contributed by atoms with Crippen LogP contribution in [0.5, 0.6) is 0 Å². The van der Waals surface area contributed by atoms with Crippen LogP contribution in [-0.4, -0.2) is 34.3 Å². The molecule has 0 N–H and O–H groups in total. The molecule has 1 aliphatic carbocycles. The van der Waals surface area contributed by atoms with Crippen LogP contribution >= 0.6 is 11.3 Å². The summed E-state index contributed by atoms with van der Waals surface area (Å²) >= 11 is 1.80. The van der Waals surface area contributed by atoms with Crippen molar-refractivity contribution >= 4 is 32.9 Å². The molecule has 2 atom stereocenters. The molecule has 0 bridgehead atoms. The number of aryl methyl sites for hydroxylation is 1. The van der Waals surface area contributed by atoms with Crippen LogP contribution in [0.3, 0.4) is 0 Å². The van der Waals surface area contributed by atoms with Crippen molar-refractivity contribution in [2.45, 2.75) is 65.8 Å². The van der Waals surface area contributed by atoms with Crippen molar-refractivity contribution in [3.8, 4) is 0 Å². The number of nitrogens with zero attached hydrogens (tertiary/aromatic N) is 7. The highest BCUT2D eigenvalue weighted by atomic mass is 32.1. The Hall–Kier alpha value is -2.88. The van der Waals surface area contributed by atoms with E-state index in [4.69, 9.17) is 4.98 Å². The lowest BCUT2D eigenvalue weighted by Gasteiger charge is -2.36. The van der Waals surface area contributed by atoms with Gasteiger partial charge in [0.2, 0.25) is 0 Å². The van der Waals surface area contributed by atoms with Crippen molar-refractivity contribution in [1.29, 1.82) is 0 Å². The number of nitro groups is 1. The molecule has 32 heavy (non-hydrogen) atoms. The van der Waals surface area contributed by atoms with Gasteiger partial charge >= 0.3 is 5.69 Å².